The first-order chi connectivity index (χ1) is 69.9. The third kappa shape index (κ3) is 45.9. The van der Waals surface area contributed by atoms with E-state index in [-0.39, 0.29) is 110 Å². The SMILES string of the molecule is CCCCOCC[C@@H](OCCCC)C(O[C@@H]1OC(COCCCC)[C@H](O[C@H]2OC(COCCCC)[C@@H](O[C@@H]3OC(COCCCC)[C@H](OC(C)=O)[C@H](O[C@@H]4OC(CO)[C@@H](OCCCC)[C@H](OC(C)=O)C4OC(C)=O)C3NC(C)=O)C(OCCCC)[C@@H]2OCCCC)[C@H](O[C@@H]2OC(COCCCC)[C@@H](OCCCC)[C@H](OCCCC)C2OC(C)=O)C1NC(C)=O)[C@@H](OCCCC)[C@H](O)COP(C)(=O)O[N+](CC)(CC)CC. The second kappa shape index (κ2) is 74.9. The van der Waals surface area contributed by atoms with E-state index >= 15 is 4.79 Å². The molecule has 0 aromatic carbocycles. The van der Waals surface area contributed by atoms with Crippen molar-refractivity contribution in [1.29, 1.82) is 0 Å². The Morgan fingerprint density at radius 2 is 0.641 bits per heavy atom. The number of aliphatic hydroxyl groups is 2. The number of rotatable bonds is 82. The van der Waals surface area contributed by atoms with E-state index in [1.54, 1.807) is 0 Å². The lowest BCUT2D eigenvalue weighted by molar-refractivity contribution is -1.08. The van der Waals surface area contributed by atoms with Crippen molar-refractivity contribution < 1.29 is 180 Å². The molecule has 5 aliphatic rings. The fourth-order valence-electron chi connectivity index (χ4n) is 17.7. The van der Waals surface area contributed by atoms with Gasteiger partial charge in [-0.05, 0) is 104 Å². The molecule has 41 heteroatoms. The molecule has 5 aliphatic heterocycles. The molecule has 4 N–H and O–H groups in total. The van der Waals surface area contributed by atoms with E-state index < -0.39 is 234 Å². The maximum absolute atomic E-state index is 15.1. The summed E-state index contributed by atoms with van der Waals surface area (Å²) in [6.45, 7) is 40.1. The number of unbranched alkanes of at least 4 members (excludes halogenated alkanes) is 12. The molecule has 0 aromatic heterocycles. The Balaban J connectivity index is 2.04. The van der Waals surface area contributed by atoms with Gasteiger partial charge >= 0.3 is 31.5 Å². The van der Waals surface area contributed by atoms with E-state index in [1.165, 1.54) is 34.4 Å². The summed E-state index contributed by atoms with van der Waals surface area (Å²) in [5, 5.41) is 30.7. The van der Waals surface area contributed by atoms with Crippen LogP contribution in [0.25, 0.3) is 0 Å². The number of carbonyl (C=O) groups excluding carboxylic acids is 6. The highest BCUT2D eigenvalue weighted by atomic mass is 31.2. The van der Waals surface area contributed by atoms with Crippen LogP contribution in [0.1, 0.15) is 306 Å². The Hall–Kier alpha value is -4.03. The summed E-state index contributed by atoms with van der Waals surface area (Å²) in [6, 6.07) is -3.19. The first kappa shape index (κ1) is 131. The Kier molecular flexibility index (Phi) is 67.9. The van der Waals surface area contributed by atoms with Crippen molar-refractivity contribution in [3.8, 4) is 0 Å². The fraction of sp³-hybridized carbons (Fsp3) is 0.942. The van der Waals surface area contributed by atoms with Gasteiger partial charge in [-0.3, -0.25) is 33.3 Å². The number of amides is 2. The van der Waals surface area contributed by atoms with Crippen molar-refractivity contribution >= 4 is 43.3 Å². The molecule has 0 saturated carbocycles. The number of aliphatic hydroxyl groups excluding tert-OH is 2. The van der Waals surface area contributed by atoms with Gasteiger partial charge in [0.05, 0.1) is 45.7 Å². The smallest absolute Gasteiger partial charge is 0.379 e. The molecule has 0 spiro atoms. The molecule has 30 atom stereocenters. The van der Waals surface area contributed by atoms with E-state index in [0.29, 0.717) is 142 Å². The second-order valence-corrected chi connectivity index (χ2v) is 40.2. The topological polar surface area (TPSA) is 442 Å². The van der Waals surface area contributed by atoms with Gasteiger partial charge in [0.25, 0.3) is 0 Å². The predicted octanol–water partition coefficient (Wildman–Crippen LogP) is 13.0. The number of hydrogen-bond donors (Lipinski definition) is 4. The lowest BCUT2D eigenvalue weighted by atomic mass is 9.93. The van der Waals surface area contributed by atoms with Crippen molar-refractivity contribution in [3.63, 3.8) is 0 Å². The fourth-order valence-corrected chi connectivity index (χ4v) is 19.1. The number of nitrogens with zero attached hydrogens (tertiary/aromatic N) is 1. The third-order valence-corrected chi connectivity index (χ3v) is 27.1. The van der Waals surface area contributed by atoms with Crippen LogP contribution in [0.15, 0.2) is 0 Å². The quantitative estimate of drug-likeness (QED) is 0.0110. The molecule has 0 radical (unpaired) electrons. The Morgan fingerprint density at radius 1 is 0.331 bits per heavy atom. The molecule has 40 nitrogen and oxygen atoms in total. The molecule has 0 aliphatic carbocycles. The number of carbonyl (C=O) groups is 6. The van der Waals surface area contributed by atoms with Crippen LogP contribution in [0.2, 0.25) is 0 Å². The molecule has 0 aromatic rings. The highest BCUT2D eigenvalue weighted by molar-refractivity contribution is 7.52. The summed E-state index contributed by atoms with van der Waals surface area (Å²) in [5.74, 6) is -4.53. The maximum atomic E-state index is 15.1. The molecule has 0 bridgehead atoms. The normalized spacial score (nSPS) is 29.1. The molecular weight excluding hydrogens is 1910 g/mol. The average Bonchev–Trinajstić information content (AvgIpc) is 0.751. The van der Waals surface area contributed by atoms with E-state index in [0.717, 1.165) is 58.8 Å². The largest absolute Gasteiger partial charge is 0.457 e. The van der Waals surface area contributed by atoms with Crippen molar-refractivity contribution in [2.45, 2.75) is 484 Å². The van der Waals surface area contributed by atoms with Gasteiger partial charge < -0.3 is 149 Å². The van der Waals surface area contributed by atoms with E-state index in [4.69, 9.17) is 132 Å². The Labute approximate surface area is 866 Å². The second-order valence-electron chi connectivity index (χ2n) is 38.2. The van der Waals surface area contributed by atoms with Gasteiger partial charge in [0.15, 0.2) is 55.9 Å². The van der Waals surface area contributed by atoms with Crippen molar-refractivity contribution in [2.75, 3.05) is 152 Å². The molecule has 2 amide bonds. The molecular formula is C104H193N3O37P+. The summed E-state index contributed by atoms with van der Waals surface area (Å²) in [6.07, 6.45) is -23.4. The summed E-state index contributed by atoms with van der Waals surface area (Å²) in [7, 11) is -4.01. The number of hydrogen-bond acceptors (Lipinski definition) is 37. The van der Waals surface area contributed by atoms with Crippen LogP contribution in [0, 0.1) is 0 Å². The van der Waals surface area contributed by atoms with Crippen molar-refractivity contribution in [3.05, 3.63) is 0 Å². The van der Waals surface area contributed by atoms with Gasteiger partial charge in [0.2, 0.25) is 11.8 Å². The van der Waals surface area contributed by atoms with Gasteiger partial charge in [0.1, 0.15) is 135 Å². The average molecular weight is 2110 g/mol. The van der Waals surface area contributed by atoms with Crippen molar-refractivity contribution in [1.82, 2.24) is 10.6 Å². The van der Waals surface area contributed by atoms with Crippen LogP contribution in [0.3, 0.4) is 0 Å². The van der Waals surface area contributed by atoms with Gasteiger partial charge in [-0.15, -0.1) is 4.62 Å². The number of hydroxylamine groups is 3. The van der Waals surface area contributed by atoms with Crippen LogP contribution in [0.4, 0.5) is 0 Å². The Morgan fingerprint density at radius 3 is 1.07 bits per heavy atom. The monoisotopic (exact) mass is 2110 g/mol. The van der Waals surface area contributed by atoms with Gasteiger partial charge in [-0.2, -0.15) is 4.65 Å². The first-order valence-corrected chi connectivity index (χ1v) is 56.9. The number of esters is 4. The number of nitrogens with one attached hydrogen (secondary N) is 2. The zero-order valence-electron chi connectivity index (χ0n) is 92.1. The molecule has 5 heterocycles. The van der Waals surface area contributed by atoms with E-state index in [1.807, 2.05) is 90.0 Å². The molecule has 145 heavy (non-hydrogen) atoms. The highest BCUT2D eigenvalue weighted by Crippen LogP contribution is 2.48. The minimum Gasteiger partial charge on any atom is -0.457 e. The summed E-state index contributed by atoms with van der Waals surface area (Å²) >= 11 is 0. The van der Waals surface area contributed by atoms with Gasteiger partial charge in [-0.1, -0.05) is 160 Å². The van der Waals surface area contributed by atoms with E-state index in [2.05, 4.69) is 24.5 Å². The van der Waals surface area contributed by atoms with Crippen LogP contribution < -0.4 is 10.6 Å². The van der Waals surface area contributed by atoms with Crippen LogP contribution in [-0.4, -0.2) is 380 Å². The van der Waals surface area contributed by atoms with Crippen LogP contribution >= 0.6 is 7.60 Å². The van der Waals surface area contributed by atoms with Gasteiger partial charge in [0, 0.05) is 134 Å². The maximum Gasteiger partial charge on any atom is 0.379 e. The molecule has 5 rings (SSSR count). The standard InChI is InChI=1S/C104H192N3O37P/c1-23-38-51-117-63-50-77(122-56-43-28-6)88(85(123-57-44-29-7)76(115)65-129-145(22,116)144-107(35-13,36-14)37-15)139-100-84(106-71(17)110)93(143-103-98(132-74(20)113)94(126-60-47-32-10)87(125-59-46-31-9)79(137-103)66-118-52-39-24-2)90(81(136-100)68-120-54-41-26-4)141-102-97(128-62-49-34-12)95(127-61-48-33-11)91(82(138-102)69-121-55-42-27-5)140-101-83(105-70(16)109)92(89(130-72(18)111)80(135-101)67-119-53-40-25-3)142-104-99(133-75(21)114)96(131-73(19)112)86(78(64-108)134-104)124-58-45-30-8/h76-104,108,115H,23-69H2,1-22H3,(H-,105,106,109,110)/p+1/t76-,77-,78?,79?,80?,81?,82?,83?,84?,85+,86-,87-,88?,89+,90+,91-,92-,93-,94+,95?,96+,97+,98?,99?,100+,101+,102-,103+,104+,145?/m1/s1. The Bertz CT molecular complexity index is 3450. The predicted molar refractivity (Wildman–Crippen MR) is 536 cm³/mol. The van der Waals surface area contributed by atoms with Crippen LogP contribution in [0.5, 0.6) is 0 Å². The van der Waals surface area contributed by atoms with E-state index in [9.17, 15) is 38.8 Å². The third-order valence-electron chi connectivity index (χ3n) is 25.8. The van der Waals surface area contributed by atoms with Crippen LogP contribution in [-0.2, 0) is 166 Å². The number of ether oxygens (including phenoxy) is 26. The highest BCUT2D eigenvalue weighted by Gasteiger charge is 2.62. The minimum absolute atomic E-state index is 0.00347. The molecule has 5 fully saturated rings. The lowest BCUT2D eigenvalue weighted by Gasteiger charge is -2.53. The summed E-state index contributed by atoms with van der Waals surface area (Å²) < 4.78 is 209. The zero-order valence-corrected chi connectivity index (χ0v) is 92.9. The molecule has 12 unspecified atom stereocenters. The molecule has 850 valence electrons. The molecule has 5 saturated heterocycles. The van der Waals surface area contributed by atoms with Crippen molar-refractivity contribution in [2.24, 2.45) is 0 Å². The number of quaternary nitrogens is 1. The zero-order chi connectivity index (χ0) is 107. The summed E-state index contributed by atoms with van der Waals surface area (Å²) in [4.78, 5) is 84.7. The lowest BCUT2D eigenvalue weighted by Crippen LogP contribution is -2.72. The first-order valence-electron chi connectivity index (χ1n) is 55.0. The summed E-state index contributed by atoms with van der Waals surface area (Å²) in [5.41, 5.74) is 0. The van der Waals surface area contributed by atoms with Gasteiger partial charge in [-0.25, -0.2) is 0 Å². The minimum atomic E-state index is -4.01.